The van der Waals surface area contributed by atoms with Crippen molar-refractivity contribution in [1.82, 2.24) is 5.32 Å². The summed E-state index contributed by atoms with van der Waals surface area (Å²) in [5, 5.41) is 5.63. The van der Waals surface area contributed by atoms with Gasteiger partial charge in [0, 0.05) is 33.8 Å². The minimum atomic E-state index is 0.306. The number of nitrogens with one attached hydrogen (secondary N) is 1. The summed E-state index contributed by atoms with van der Waals surface area (Å²) in [7, 11) is 0. The highest BCUT2D eigenvalue weighted by Gasteiger charge is 2.30. The maximum absolute atomic E-state index is 5.85. The summed E-state index contributed by atoms with van der Waals surface area (Å²) >= 11 is 5.29. The van der Waals surface area contributed by atoms with Crippen molar-refractivity contribution in [2.45, 2.75) is 25.9 Å². The van der Waals surface area contributed by atoms with Crippen molar-refractivity contribution in [1.29, 1.82) is 0 Å². The van der Waals surface area contributed by atoms with Crippen LogP contribution in [0.15, 0.2) is 15.9 Å². The Morgan fingerprint density at radius 3 is 3.19 bits per heavy atom. The third-order valence-electron chi connectivity index (χ3n) is 2.92. The van der Waals surface area contributed by atoms with E-state index in [2.05, 4.69) is 39.6 Å². The molecule has 2 rings (SSSR count). The zero-order chi connectivity index (χ0) is 11.4. The van der Waals surface area contributed by atoms with Crippen LogP contribution in [0.4, 0.5) is 0 Å². The molecule has 0 aliphatic carbocycles. The van der Waals surface area contributed by atoms with E-state index in [0.717, 1.165) is 19.7 Å². The van der Waals surface area contributed by atoms with Crippen molar-refractivity contribution >= 4 is 27.3 Å². The fraction of sp³-hybridized carbons (Fsp3) is 0.667. The van der Waals surface area contributed by atoms with E-state index in [4.69, 9.17) is 4.74 Å². The molecule has 0 radical (unpaired) electrons. The van der Waals surface area contributed by atoms with E-state index in [-0.39, 0.29) is 0 Å². The first-order valence-corrected chi connectivity index (χ1v) is 7.54. The van der Waals surface area contributed by atoms with Gasteiger partial charge in [-0.3, -0.25) is 0 Å². The van der Waals surface area contributed by atoms with E-state index in [1.54, 1.807) is 11.3 Å². The zero-order valence-corrected chi connectivity index (χ0v) is 11.9. The molecular formula is C12H18BrNOS. The van der Waals surface area contributed by atoms with Gasteiger partial charge in [-0.25, -0.2) is 0 Å². The number of ether oxygens (including phenoxy) is 1. The molecule has 1 aromatic rings. The van der Waals surface area contributed by atoms with Crippen LogP contribution in [0.1, 0.15) is 30.7 Å². The summed E-state index contributed by atoms with van der Waals surface area (Å²) in [5.41, 5.74) is 0. The van der Waals surface area contributed by atoms with Crippen LogP contribution in [0.3, 0.4) is 0 Å². The second-order valence-electron chi connectivity index (χ2n) is 4.21. The molecule has 4 heteroatoms. The quantitative estimate of drug-likeness (QED) is 0.839. The normalized spacial score (nSPS) is 25.1. The highest BCUT2D eigenvalue weighted by molar-refractivity contribution is 9.10. The Morgan fingerprint density at radius 2 is 2.50 bits per heavy atom. The Kier molecular flexibility index (Phi) is 4.82. The molecule has 2 heterocycles. The first-order chi connectivity index (χ1) is 7.81. The first-order valence-electron chi connectivity index (χ1n) is 5.87. The lowest BCUT2D eigenvalue weighted by molar-refractivity contribution is 0.0934. The molecule has 0 spiro atoms. The lowest BCUT2D eigenvalue weighted by Crippen LogP contribution is -2.25. The van der Waals surface area contributed by atoms with Crippen LogP contribution in [0.5, 0.6) is 0 Å². The summed E-state index contributed by atoms with van der Waals surface area (Å²) in [6.07, 6.45) is 2.68. The van der Waals surface area contributed by atoms with Crippen molar-refractivity contribution in [2.24, 2.45) is 5.92 Å². The van der Waals surface area contributed by atoms with Gasteiger partial charge in [-0.2, -0.15) is 0 Å². The van der Waals surface area contributed by atoms with E-state index in [1.165, 1.54) is 22.2 Å². The van der Waals surface area contributed by atoms with Gasteiger partial charge in [0.05, 0.1) is 6.10 Å². The van der Waals surface area contributed by atoms with Crippen molar-refractivity contribution in [3.63, 3.8) is 0 Å². The van der Waals surface area contributed by atoms with Gasteiger partial charge in [0.2, 0.25) is 0 Å². The summed E-state index contributed by atoms with van der Waals surface area (Å²) in [4.78, 5) is 1.35. The monoisotopic (exact) mass is 303 g/mol. The Labute approximate surface area is 110 Å². The van der Waals surface area contributed by atoms with E-state index in [0.29, 0.717) is 12.0 Å². The van der Waals surface area contributed by atoms with Gasteiger partial charge >= 0.3 is 0 Å². The molecule has 2 unspecified atom stereocenters. The van der Waals surface area contributed by atoms with Gasteiger partial charge in [-0.15, -0.1) is 11.3 Å². The van der Waals surface area contributed by atoms with Crippen LogP contribution < -0.4 is 5.32 Å². The summed E-state index contributed by atoms with van der Waals surface area (Å²) < 4.78 is 7.01. The second-order valence-corrected chi connectivity index (χ2v) is 6.07. The molecule has 0 aromatic carbocycles. The highest BCUT2D eigenvalue weighted by Crippen LogP contribution is 2.38. The van der Waals surface area contributed by atoms with Gasteiger partial charge < -0.3 is 10.1 Å². The summed E-state index contributed by atoms with van der Waals surface area (Å²) in [6, 6.07) is 2.19. The Balaban J connectivity index is 1.92. The van der Waals surface area contributed by atoms with Gasteiger partial charge in [-0.05, 0) is 41.4 Å². The molecule has 2 atom stereocenters. The van der Waals surface area contributed by atoms with E-state index >= 15 is 0 Å². The number of halogens is 1. The lowest BCUT2D eigenvalue weighted by Gasteiger charge is -2.17. The number of rotatable bonds is 5. The van der Waals surface area contributed by atoms with Crippen LogP contribution in [0.25, 0.3) is 0 Å². The van der Waals surface area contributed by atoms with Crippen molar-refractivity contribution in [3.05, 3.63) is 20.8 Å². The van der Waals surface area contributed by atoms with E-state index in [1.807, 2.05) is 0 Å². The van der Waals surface area contributed by atoms with Crippen LogP contribution in [-0.2, 0) is 4.74 Å². The van der Waals surface area contributed by atoms with Crippen LogP contribution in [0.2, 0.25) is 0 Å². The molecule has 1 aliphatic rings. The smallest absolute Gasteiger partial charge is 0.0958 e. The predicted molar refractivity (Wildman–Crippen MR) is 72.0 cm³/mol. The van der Waals surface area contributed by atoms with E-state index in [9.17, 15) is 0 Å². The van der Waals surface area contributed by atoms with Crippen molar-refractivity contribution in [3.8, 4) is 0 Å². The maximum atomic E-state index is 5.85. The largest absolute Gasteiger partial charge is 0.372 e. The number of hydrogen-bond donors (Lipinski definition) is 1. The molecule has 0 bridgehead atoms. The third-order valence-corrected chi connectivity index (χ3v) is 4.67. The highest BCUT2D eigenvalue weighted by atomic mass is 79.9. The molecule has 90 valence electrons. The van der Waals surface area contributed by atoms with Gasteiger partial charge in [0.25, 0.3) is 0 Å². The molecule has 1 saturated heterocycles. The SMILES string of the molecule is CCCNCC1CCOC1c1cc(Br)cs1. The van der Waals surface area contributed by atoms with E-state index < -0.39 is 0 Å². The average molecular weight is 304 g/mol. The van der Waals surface area contributed by atoms with Crippen LogP contribution in [0, 0.1) is 5.92 Å². The minimum Gasteiger partial charge on any atom is -0.372 e. The Bertz CT molecular complexity index is 329. The number of hydrogen-bond acceptors (Lipinski definition) is 3. The molecule has 1 N–H and O–H groups in total. The van der Waals surface area contributed by atoms with Crippen LogP contribution in [-0.4, -0.2) is 19.7 Å². The number of thiophene rings is 1. The minimum absolute atomic E-state index is 0.306. The topological polar surface area (TPSA) is 21.3 Å². The van der Waals surface area contributed by atoms with Gasteiger partial charge in [0.1, 0.15) is 0 Å². The molecule has 1 aliphatic heterocycles. The average Bonchev–Trinajstić information content (AvgIpc) is 2.87. The van der Waals surface area contributed by atoms with Gasteiger partial charge in [0.15, 0.2) is 0 Å². The maximum Gasteiger partial charge on any atom is 0.0958 e. The first kappa shape index (κ1) is 12.6. The molecule has 16 heavy (non-hydrogen) atoms. The van der Waals surface area contributed by atoms with Gasteiger partial charge in [-0.1, -0.05) is 6.92 Å². The second kappa shape index (κ2) is 6.15. The fourth-order valence-corrected chi connectivity index (χ4v) is 3.68. The Hall–Kier alpha value is 0.1000. The van der Waals surface area contributed by atoms with Crippen molar-refractivity contribution in [2.75, 3.05) is 19.7 Å². The molecule has 0 saturated carbocycles. The van der Waals surface area contributed by atoms with Crippen molar-refractivity contribution < 1.29 is 4.74 Å². The van der Waals surface area contributed by atoms with Crippen LogP contribution >= 0.6 is 27.3 Å². The summed E-state index contributed by atoms with van der Waals surface area (Å²) in [5.74, 6) is 0.636. The molecular weight excluding hydrogens is 286 g/mol. The predicted octanol–water partition coefficient (Wildman–Crippen LogP) is 3.59. The summed E-state index contributed by atoms with van der Waals surface area (Å²) in [6.45, 7) is 5.29. The molecule has 1 fully saturated rings. The Morgan fingerprint density at radius 1 is 1.62 bits per heavy atom. The lowest BCUT2D eigenvalue weighted by atomic mass is 10.0. The molecule has 0 amide bonds. The standard InChI is InChI=1S/C12H18BrNOS/c1-2-4-14-7-9-3-5-15-12(9)11-6-10(13)8-16-11/h6,8-9,12,14H,2-5,7H2,1H3. The molecule has 2 nitrogen and oxygen atoms in total. The fourth-order valence-electron chi connectivity index (χ4n) is 2.10. The third kappa shape index (κ3) is 3.06. The molecule has 1 aromatic heterocycles. The zero-order valence-electron chi connectivity index (χ0n) is 9.54.